The second-order valence-electron chi connectivity index (χ2n) is 5.14. The average Bonchev–Trinajstić information content (AvgIpc) is 2.96. The molecule has 0 bridgehead atoms. The first-order valence-electron chi connectivity index (χ1n) is 6.63. The van der Waals surface area contributed by atoms with E-state index in [2.05, 4.69) is 5.32 Å². The van der Waals surface area contributed by atoms with Gasteiger partial charge in [-0.05, 0) is 36.9 Å². The maximum atomic E-state index is 12.6. The minimum absolute atomic E-state index is 0.0726. The van der Waals surface area contributed by atoms with E-state index in [9.17, 15) is 9.59 Å². The van der Waals surface area contributed by atoms with Crippen LogP contribution < -0.4 is 5.32 Å². The topological polar surface area (TPSA) is 46.2 Å². The SMILES string of the molecule is Cc1ccc2c(c1)C(=O)/C(=C1/C(=O)Sc3ccccc31)N2. The number of fused-ring (bicyclic) bond motifs is 2. The van der Waals surface area contributed by atoms with Gasteiger partial charge in [0.05, 0.1) is 11.3 Å². The Morgan fingerprint density at radius 1 is 1.00 bits per heavy atom. The summed E-state index contributed by atoms with van der Waals surface area (Å²) in [7, 11) is 0. The Morgan fingerprint density at radius 2 is 1.81 bits per heavy atom. The molecule has 0 spiro atoms. The van der Waals surface area contributed by atoms with E-state index in [1.54, 1.807) is 0 Å². The molecule has 1 N–H and O–H groups in total. The largest absolute Gasteiger partial charge is 0.351 e. The molecule has 0 saturated heterocycles. The van der Waals surface area contributed by atoms with Gasteiger partial charge in [0.15, 0.2) is 0 Å². The number of thioether (sulfide) groups is 1. The number of Topliss-reactive ketones (excluding diaryl/α,β-unsaturated/α-hetero) is 1. The van der Waals surface area contributed by atoms with Crippen LogP contribution in [0.4, 0.5) is 5.69 Å². The Morgan fingerprint density at radius 3 is 2.67 bits per heavy atom. The highest BCUT2D eigenvalue weighted by molar-refractivity contribution is 8.15. The van der Waals surface area contributed by atoms with Crippen molar-refractivity contribution >= 4 is 33.9 Å². The van der Waals surface area contributed by atoms with Gasteiger partial charge in [-0.15, -0.1) is 0 Å². The molecule has 0 atom stereocenters. The summed E-state index contributed by atoms with van der Waals surface area (Å²) in [6.45, 7) is 1.95. The lowest BCUT2D eigenvalue weighted by atomic mass is 10.0. The van der Waals surface area contributed by atoms with Crippen LogP contribution >= 0.6 is 11.8 Å². The van der Waals surface area contributed by atoms with Crippen molar-refractivity contribution in [1.82, 2.24) is 0 Å². The monoisotopic (exact) mass is 293 g/mol. The first-order chi connectivity index (χ1) is 10.1. The molecular formula is C17H11NO2S. The molecule has 21 heavy (non-hydrogen) atoms. The van der Waals surface area contributed by atoms with Crippen LogP contribution in [0.15, 0.2) is 53.1 Å². The Kier molecular flexibility index (Phi) is 2.56. The minimum atomic E-state index is -0.102. The number of hydrogen-bond donors (Lipinski definition) is 1. The highest BCUT2D eigenvalue weighted by Gasteiger charge is 2.35. The Hall–Kier alpha value is -2.33. The lowest BCUT2D eigenvalue weighted by Gasteiger charge is -2.03. The average molecular weight is 293 g/mol. The fourth-order valence-corrected chi connectivity index (χ4v) is 3.66. The van der Waals surface area contributed by atoms with Gasteiger partial charge in [0.2, 0.25) is 10.9 Å². The van der Waals surface area contributed by atoms with Crippen LogP contribution in [0.25, 0.3) is 5.57 Å². The molecule has 2 aromatic carbocycles. The Labute approximate surface area is 126 Å². The van der Waals surface area contributed by atoms with Crippen LogP contribution in [-0.2, 0) is 4.79 Å². The summed E-state index contributed by atoms with van der Waals surface area (Å²) in [4.78, 5) is 25.8. The quantitative estimate of drug-likeness (QED) is 0.753. The number of carbonyl (C=O) groups is 2. The molecule has 2 heterocycles. The van der Waals surface area contributed by atoms with E-state index >= 15 is 0 Å². The Balaban J connectivity index is 1.92. The van der Waals surface area contributed by atoms with Gasteiger partial charge >= 0.3 is 0 Å². The lowest BCUT2D eigenvalue weighted by molar-refractivity contribution is -0.106. The zero-order valence-corrected chi connectivity index (χ0v) is 12.1. The first kappa shape index (κ1) is 12.4. The number of hydrogen-bond acceptors (Lipinski definition) is 4. The summed E-state index contributed by atoms with van der Waals surface area (Å²) in [6, 6.07) is 13.3. The molecule has 0 aliphatic carbocycles. The van der Waals surface area contributed by atoms with E-state index in [1.807, 2.05) is 49.4 Å². The van der Waals surface area contributed by atoms with E-state index in [0.717, 1.165) is 21.7 Å². The third-order valence-corrected chi connectivity index (χ3v) is 4.69. The normalized spacial score (nSPS) is 19.5. The summed E-state index contributed by atoms with van der Waals surface area (Å²) in [6.07, 6.45) is 0. The molecule has 0 radical (unpaired) electrons. The molecule has 4 rings (SSSR count). The fraction of sp³-hybridized carbons (Fsp3) is 0.0588. The molecule has 4 heteroatoms. The van der Waals surface area contributed by atoms with E-state index in [0.29, 0.717) is 16.8 Å². The van der Waals surface area contributed by atoms with Crippen LogP contribution in [-0.4, -0.2) is 10.9 Å². The van der Waals surface area contributed by atoms with Crippen molar-refractivity contribution in [3.05, 3.63) is 64.9 Å². The van der Waals surface area contributed by atoms with Gasteiger partial charge in [0.25, 0.3) is 0 Å². The maximum Gasteiger partial charge on any atom is 0.227 e. The summed E-state index contributed by atoms with van der Waals surface area (Å²) in [5, 5.41) is 3.05. The van der Waals surface area contributed by atoms with E-state index < -0.39 is 0 Å². The highest BCUT2D eigenvalue weighted by atomic mass is 32.2. The van der Waals surface area contributed by atoms with Gasteiger partial charge in [-0.1, -0.05) is 29.8 Å². The molecule has 0 aromatic heterocycles. The van der Waals surface area contributed by atoms with Crippen molar-refractivity contribution in [1.29, 1.82) is 0 Å². The maximum absolute atomic E-state index is 12.6. The molecule has 3 nitrogen and oxygen atoms in total. The number of allylic oxidation sites excluding steroid dienone is 1. The number of benzene rings is 2. The predicted molar refractivity (Wildman–Crippen MR) is 83.4 cm³/mol. The number of ketones is 1. The smallest absolute Gasteiger partial charge is 0.227 e. The van der Waals surface area contributed by atoms with E-state index in [-0.39, 0.29) is 10.9 Å². The Bertz CT molecular complexity index is 852. The molecule has 0 fully saturated rings. The minimum Gasteiger partial charge on any atom is -0.351 e. The van der Waals surface area contributed by atoms with Crippen LogP contribution in [0.1, 0.15) is 21.5 Å². The van der Waals surface area contributed by atoms with Gasteiger partial charge in [0, 0.05) is 21.7 Å². The van der Waals surface area contributed by atoms with Gasteiger partial charge < -0.3 is 5.32 Å². The summed E-state index contributed by atoms with van der Waals surface area (Å²) < 4.78 is 0. The standard InChI is InChI=1S/C17H11NO2S/c1-9-6-7-12-11(8-9)16(19)15(18-12)14-10-4-2-3-5-13(10)21-17(14)20/h2-8,18H,1H3/b15-14-. The molecule has 0 unspecified atom stereocenters. The number of nitrogens with one attached hydrogen (secondary N) is 1. The lowest BCUT2D eigenvalue weighted by Crippen LogP contribution is -2.07. The van der Waals surface area contributed by atoms with Gasteiger partial charge in [-0.2, -0.15) is 0 Å². The first-order valence-corrected chi connectivity index (χ1v) is 7.45. The summed E-state index contributed by atoms with van der Waals surface area (Å²) in [5.74, 6) is -0.102. The van der Waals surface area contributed by atoms with Crippen molar-refractivity contribution in [2.75, 3.05) is 5.32 Å². The second kappa shape index (κ2) is 4.33. The third kappa shape index (κ3) is 1.76. The number of aryl methyl sites for hydroxylation is 1. The fourth-order valence-electron chi connectivity index (χ4n) is 2.72. The van der Waals surface area contributed by atoms with Crippen molar-refractivity contribution in [2.24, 2.45) is 0 Å². The van der Waals surface area contributed by atoms with E-state index in [1.165, 1.54) is 11.8 Å². The summed E-state index contributed by atoms with van der Waals surface area (Å²) >= 11 is 1.18. The molecule has 0 amide bonds. The molecule has 2 aliphatic rings. The van der Waals surface area contributed by atoms with E-state index in [4.69, 9.17) is 0 Å². The molecule has 2 aromatic rings. The van der Waals surface area contributed by atoms with Crippen LogP contribution in [0.2, 0.25) is 0 Å². The van der Waals surface area contributed by atoms with Crippen LogP contribution in [0.3, 0.4) is 0 Å². The molecule has 102 valence electrons. The highest BCUT2D eigenvalue weighted by Crippen LogP contribution is 2.44. The van der Waals surface area contributed by atoms with Gasteiger partial charge in [-0.3, -0.25) is 9.59 Å². The predicted octanol–water partition coefficient (Wildman–Crippen LogP) is 3.65. The van der Waals surface area contributed by atoms with Crippen molar-refractivity contribution in [3.63, 3.8) is 0 Å². The van der Waals surface area contributed by atoms with Crippen molar-refractivity contribution in [2.45, 2.75) is 11.8 Å². The van der Waals surface area contributed by atoms with Gasteiger partial charge in [0.1, 0.15) is 0 Å². The number of anilines is 1. The zero-order chi connectivity index (χ0) is 14.6. The summed E-state index contributed by atoms with van der Waals surface area (Å²) in [5.41, 5.74) is 4.18. The third-order valence-electron chi connectivity index (χ3n) is 3.72. The van der Waals surface area contributed by atoms with Gasteiger partial charge in [-0.25, -0.2) is 0 Å². The van der Waals surface area contributed by atoms with Crippen molar-refractivity contribution in [3.8, 4) is 0 Å². The van der Waals surface area contributed by atoms with Crippen LogP contribution in [0, 0.1) is 6.92 Å². The molecular weight excluding hydrogens is 282 g/mol. The van der Waals surface area contributed by atoms with Crippen LogP contribution in [0.5, 0.6) is 0 Å². The zero-order valence-electron chi connectivity index (χ0n) is 11.3. The molecule has 0 saturated carbocycles. The van der Waals surface area contributed by atoms with Crippen molar-refractivity contribution < 1.29 is 9.59 Å². The number of rotatable bonds is 0. The molecule has 2 aliphatic heterocycles. The second-order valence-corrected chi connectivity index (χ2v) is 6.15. The number of carbonyl (C=O) groups excluding carboxylic acids is 2.